The van der Waals surface area contributed by atoms with E-state index >= 15 is 0 Å². The summed E-state index contributed by atoms with van der Waals surface area (Å²) in [6.07, 6.45) is 0.692. The maximum Gasteiger partial charge on any atom is 0.325 e. The molecule has 0 radical (unpaired) electrons. The third-order valence-electron chi connectivity index (χ3n) is 5.22. The largest absolute Gasteiger partial charge is 0.348 e. The van der Waals surface area contributed by atoms with E-state index in [-0.39, 0.29) is 18.5 Å². The first kappa shape index (κ1) is 20.9. The lowest BCUT2D eigenvalue weighted by Gasteiger charge is -2.23. The van der Waals surface area contributed by atoms with Crippen molar-refractivity contribution in [2.75, 3.05) is 6.54 Å². The minimum atomic E-state index is -1.23. The van der Waals surface area contributed by atoms with Crippen molar-refractivity contribution in [2.45, 2.75) is 38.8 Å². The van der Waals surface area contributed by atoms with E-state index in [9.17, 15) is 14.4 Å². The van der Waals surface area contributed by atoms with Crippen molar-refractivity contribution >= 4 is 29.4 Å². The Kier molecular flexibility index (Phi) is 5.94. The average Bonchev–Trinajstić information content (AvgIpc) is 2.91. The van der Waals surface area contributed by atoms with Crippen LogP contribution in [0.15, 0.2) is 48.5 Å². The number of halogens is 1. The normalized spacial score (nSPS) is 19.8. The lowest BCUT2D eigenvalue weighted by molar-refractivity contribution is -0.135. The smallest absolute Gasteiger partial charge is 0.325 e. The Bertz CT molecular complexity index is 927. The fraction of sp³-hybridized carbons (Fsp3) is 0.318. The summed E-state index contributed by atoms with van der Waals surface area (Å²) in [6.45, 7) is 5.25. The summed E-state index contributed by atoms with van der Waals surface area (Å²) >= 11 is 5.91. The van der Waals surface area contributed by atoms with Gasteiger partial charge in [-0.15, -0.1) is 0 Å². The second kappa shape index (κ2) is 8.25. The van der Waals surface area contributed by atoms with E-state index < -0.39 is 17.5 Å². The lowest BCUT2D eigenvalue weighted by atomic mass is 9.92. The molecule has 2 aromatic carbocycles. The number of carbonyl (C=O) groups is 3. The lowest BCUT2D eigenvalue weighted by Crippen LogP contribution is -2.43. The molecule has 7 heteroatoms. The van der Waals surface area contributed by atoms with Gasteiger partial charge < -0.3 is 10.6 Å². The number of carbonyl (C=O) groups excluding carboxylic acids is 3. The highest BCUT2D eigenvalue weighted by Crippen LogP contribution is 2.29. The van der Waals surface area contributed by atoms with Gasteiger partial charge in [-0.2, -0.15) is 0 Å². The molecule has 152 valence electrons. The van der Waals surface area contributed by atoms with Gasteiger partial charge in [-0.05, 0) is 43.5 Å². The van der Waals surface area contributed by atoms with Gasteiger partial charge in [-0.25, -0.2) is 4.79 Å². The summed E-state index contributed by atoms with van der Waals surface area (Å²) in [5.41, 5.74) is 1.49. The van der Waals surface area contributed by atoms with Crippen molar-refractivity contribution < 1.29 is 14.4 Å². The van der Waals surface area contributed by atoms with Crippen LogP contribution in [-0.4, -0.2) is 29.3 Å². The van der Waals surface area contributed by atoms with Crippen molar-refractivity contribution in [1.29, 1.82) is 0 Å². The summed E-state index contributed by atoms with van der Waals surface area (Å²) in [5, 5.41) is 6.14. The molecule has 1 aliphatic heterocycles. The Hall–Kier alpha value is -2.86. The van der Waals surface area contributed by atoms with Crippen LogP contribution in [0.1, 0.15) is 43.0 Å². The fourth-order valence-corrected chi connectivity index (χ4v) is 3.55. The Morgan fingerprint density at radius 1 is 1.14 bits per heavy atom. The summed E-state index contributed by atoms with van der Waals surface area (Å²) in [5.74, 6) is -0.857. The third kappa shape index (κ3) is 4.27. The van der Waals surface area contributed by atoms with Crippen molar-refractivity contribution in [3.8, 4) is 0 Å². The molecule has 0 spiro atoms. The molecular formula is C22H24ClN3O3. The van der Waals surface area contributed by atoms with Crippen LogP contribution < -0.4 is 10.6 Å². The molecule has 0 bridgehead atoms. The third-order valence-corrected chi connectivity index (χ3v) is 5.47. The summed E-state index contributed by atoms with van der Waals surface area (Å²) in [6, 6.07) is 13.8. The quantitative estimate of drug-likeness (QED) is 0.709. The van der Waals surface area contributed by atoms with Gasteiger partial charge in [0.25, 0.3) is 5.91 Å². The number of rotatable bonds is 6. The van der Waals surface area contributed by atoms with Crippen LogP contribution in [-0.2, 0) is 15.1 Å². The van der Waals surface area contributed by atoms with Crippen LogP contribution in [0.25, 0.3) is 0 Å². The van der Waals surface area contributed by atoms with Gasteiger partial charge in [0.15, 0.2) is 0 Å². The zero-order chi connectivity index (χ0) is 21.2. The molecule has 2 N–H and O–H groups in total. The van der Waals surface area contributed by atoms with Crippen LogP contribution in [0.5, 0.6) is 0 Å². The highest BCUT2D eigenvalue weighted by Gasteiger charge is 2.49. The molecule has 2 aromatic rings. The molecule has 1 saturated heterocycles. The molecule has 0 saturated carbocycles. The first-order chi connectivity index (χ1) is 13.7. The number of nitrogens with one attached hydrogen (secondary N) is 2. The van der Waals surface area contributed by atoms with Crippen LogP contribution in [0.4, 0.5) is 4.79 Å². The van der Waals surface area contributed by atoms with Crippen LogP contribution >= 0.6 is 11.6 Å². The van der Waals surface area contributed by atoms with Crippen LogP contribution in [0, 0.1) is 6.92 Å². The van der Waals surface area contributed by atoms with E-state index in [1.54, 1.807) is 31.2 Å². The van der Waals surface area contributed by atoms with Crippen molar-refractivity contribution in [1.82, 2.24) is 15.5 Å². The highest BCUT2D eigenvalue weighted by molar-refractivity contribution is 6.30. The van der Waals surface area contributed by atoms with E-state index in [2.05, 4.69) is 10.6 Å². The highest BCUT2D eigenvalue weighted by atomic mass is 35.5. The number of benzene rings is 2. The Labute approximate surface area is 175 Å². The standard InChI is InChI=1S/C22H24ClN3O3/c1-4-18(15-7-5-14(2)6-8-15)24-19(27)13-26-20(28)22(3,25-21(26)29)16-9-11-17(23)12-10-16/h5-12,18H,4,13H2,1-3H3,(H,24,27)(H,25,29). The monoisotopic (exact) mass is 413 g/mol. The van der Waals surface area contributed by atoms with Gasteiger partial charge in [-0.1, -0.05) is 60.5 Å². The second-order valence-electron chi connectivity index (χ2n) is 7.39. The molecule has 1 aliphatic rings. The first-order valence-corrected chi connectivity index (χ1v) is 9.88. The Balaban J connectivity index is 1.71. The van der Waals surface area contributed by atoms with Gasteiger partial charge in [-0.3, -0.25) is 14.5 Å². The molecule has 2 atom stereocenters. The molecular weight excluding hydrogens is 390 g/mol. The Morgan fingerprint density at radius 2 is 1.76 bits per heavy atom. The van der Waals surface area contributed by atoms with Gasteiger partial charge >= 0.3 is 6.03 Å². The molecule has 0 aliphatic carbocycles. The SMILES string of the molecule is CCC(NC(=O)CN1C(=O)NC(C)(c2ccc(Cl)cc2)C1=O)c1ccc(C)cc1. The van der Waals surface area contributed by atoms with Gasteiger partial charge in [0.2, 0.25) is 5.91 Å². The first-order valence-electron chi connectivity index (χ1n) is 9.50. The number of hydrogen-bond donors (Lipinski definition) is 2. The summed E-state index contributed by atoms with van der Waals surface area (Å²) in [7, 11) is 0. The van der Waals surface area contributed by atoms with E-state index in [0.717, 1.165) is 16.0 Å². The maximum atomic E-state index is 13.0. The molecule has 4 amide bonds. The van der Waals surface area contributed by atoms with Crippen molar-refractivity contribution in [2.24, 2.45) is 0 Å². The fourth-order valence-electron chi connectivity index (χ4n) is 3.42. The molecule has 0 aromatic heterocycles. The van der Waals surface area contributed by atoms with Crippen LogP contribution in [0.3, 0.4) is 0 Å². The number of imide groups is 1. The van der Waals surface area contributed by atoms with E-state index in [1.165, 1.54) is 0 Å². The van der Waals surface area contributed by atoms with Crippen molar-refractivity contribution in [3.05, 3.63) is 70.2 Å². The molecule has 1 fully saturated rings. The summed E-state index contributed by atoms with van der Waals surface area (Å²) < 4.78 is 0. The predicted molar refractivity (Wildman–Crippen MR) is 111 cm³/mol. The number of urea groups is 1. The topological polar surface area (TPSA) is 78.5 Å². The molecule has 1 heterocycles. The zero-order valence-corrected chi connectivity index (χ0v) is 17.4. The Morgan fingerprint density at radius 3 is 2.34 bits per heavy atom. The average molecular weight is 414 g/mol. The van der Waals surface area contributed by atoms with E-state index in [4.69, 9.17) is 11.6 Å². The number of nitrogens with zero attached hydrogens (tertiary/aromatic N) is 1. The number of hydrogen-bond acceptors (Lipinski definition) is 3. The van der Waals surface area contributed by atoms with Gasteiger partial charge in [0.1, 0.15) is 12.1 Å². The molecule has 2 unspecified atom stereocenters. The number of amides is 4. The molecule has 3 rings (SSSR count). The molecule has 6 nitrogen and oxygen atoms in total. The van der Waals surface area contributed by atoms with Crippen LogP contribution in [0.2, 0.25) is 5.02 Å². The number of aryl methyl sites for hydroxylation is 1. The summed E-state index contributed by atoms with van der Waals surface area (Å²) in [4.78, 5) is 38.9. The molecule has 29 heavy (non-hydrogen) atoms. The second-order valence-corrected chi connectivity index (χ2v) is 7.83. The van der Waals surface area contributed by atoms with E-state index in [1.807, 2.05) is 38.1 Å². The predicted octanol–water partition coefficient (Wildman–Crippen LogP) is 3.68. The van der Waals surface area contributed by atoms with Gasteiger partial charge in [0, 0.05) is 5.02 Å². The maximum absolute atomic E-state index is 13.0. The minimum absolute atomic E-state index is 0.188. The zero-order valence-electron chi connectivity index (χ0n) is 16.7. The van der Waals surface area contributed by atoms with Crippen molar-refractivity contribution in [3.63, 3.8) is 0 Å². The van der Waals surface area contributed by atoms with E-state index in [0.29, 0.717) is 17.0 Å². The minimum Gasteiger partial charge on any atom is -0.348 e. The van der Waals surface area contributed by atoms with Gasteiger partial charge in [0.05, 0.1) is 6.04 Å².